The average Bonchev–Trinajstić information content (AvgIpc) is 3.32. The molecule has 0 aliphatic rings. The summed E-state index contributed by atoms with van der Waals surface area (Å²) in [6, 6.07) is 0. The number of phosphoric acid groups is 1. The van der Waals surface area contributed by atoms with Crippen molar-refractivity contribution in [3.63, 3.8) is 0 Å². The van der Waals surface area contributed by atoms with Gasteiger partial charge in [-0.2, -0.15) is 0 Å². The lowest BCUT2D eigenvalue weighted by molar-refractivity contribution is -0.161. The molecule has 0 fully saturated rings. The number of phosphoric ester groups is 1. The summed E-state index contributed by atoms with van der Waals surface area (Å²) in [7, 11) is -4.75. The molecule has 394 valence electrons. The first-order valence-corrected chi connectivity index (χ1v) is 28.7. The van der Waals surface area contributed by atoms with Gasteiger partial charge >= 0.3 is 25.7 Å². The van der Waals surface area contributed by atoms with Crippen molar-refractivity contribution in [1.29, 1.82) is 0 Å². The lowest BCUT2D eigenvalue weighted by Crippen LogP contribution is -2.30. The molecule has 0 saturated carbocycles. The molecule has 0 aromatic rings. The highest BCUT2D eigenvalue weighted by Gasteiger charge is 2.28. The fraction of sp³-hybridized carbons (Fsp3) is 0.768. The van der Waals surface area contributed by atoms with E-state index in [0.29, 0.717) is 19.3 Å². The molecule has 0 aliphatic heterocycles. The molecule has 0 rings (SSSR count). The van der Waals surface area contributed by atoms with Crippen molar-refractivity contribution < 1.29 is 52.2 Å². The highest BCUT2D eigenvalue weighted by molar-refractivity contribution is 7.47. The lowest BCUT2D eigenvalue weighted by Gasteiger charge is -2.21. The molecule has 2 N–H and O–H groups in total. The summed E-state index contributed by atoms with van der Waals surface area (Å²) in [6.45, 7) is 4.45. The number of carbonyl (C=O) groups is 3. The van der Waals surface area contributed by atoms with E-state index in [4.69, 9.17) is 23.3 Å². The highest BCUT2D eigenvalue weighted by atomic mass is 31.2. The van der Waals surface area contributed by atoms with Crippen LogP contribution in [-0.2, 0) is 42.2 Å². The van der Waals surface area contributed by atoms with Crippen LogP contribution in [0, 0.1) is 0 Å². The third-order valence-electron chi connectivity index (χ3n) is 11.4. The van der Waals surface area contributed by atoms with E-state index in [1.165, 1.54) is 77.0 Å². The molecule has 0 bridgehead atoms. The summed E-state index contributed by atoms with van der Waals surface area (Å²) in [5, 5.41) is 9.78. The fourth-order valence-electron chi connectivity index (χ4n) is 7.28. The molecule has 3 unspecified atom stereocenters. The number of aliphatic hydroxyl groups is 1. The summed E-state index contributed by atoms with van der Waals surface area (Å²) in [5.74, 6) is -1.51. The Labute approximate surface area is 415 Å². The fourth-order valence-corrected chi connectivity index (χ4v) is 8.07. The first-order chi connectivity index (χ1) is 33.2. The molecule has 0 heterocycles. The number of aliphatic hydroxyl groups excluding tert-OH is 1. The summed E-state index contributed by atoms with van der Waals surface area (Å²) in [4.78, 5) is 48.4. The van der Waals surface area contributed by atoms with Gasteiger partial charge in [0, 0.05) is 19.3 Å². The van der Waals surface area contributed by atoms with Crippen LogP contribution in [-0.4, -0.2) is 66.5 Å². The summed E-state index contributed by atoms with van der Waals surface area (Å²) in [6.07, 6.45) is 53.3. The molecule has 0 saturated heterocycles. The van der Waals surface area contributed by atoms with Gasteiger partial charge < -0.3 is 24.2 Å². The van der Waals surface area contributed by atoms with Crippen LogP contribution >= 0.6 is 7.82 Å². The molecule has 0 aliphatic carbocycles. The van der Waals surface area contributed by atoms with Gasteiger partial charge in [-0.1, -0.05) is 197 Å². The van der Waals surface area contributed by atoms with E-state index >= 15 is 0 Å². The van der Waals surface area contributed by atoms with Crippen molar-refractivity contribution in [1.82, 2.24) is 0 Å². The molecule has 0 aromatic heterocycles. The van der Waals surface area contributed by atoms with Crippen LogP contribution in [0.3, 0.4) is 0 Å². The molecular weight excluding hydrogens is 880 g/mol. The van der Waals surface area contributed by atoms with Gasteiger partial charge in [-0.25, -0.2) is 4.57 Å². The van der Waals surface area contributed by atoms with Crippen molar-refractivity contribution in [3.8, 4) is 0 Å². The molecule has 3 atom stereocenters. The Morgan fingerprint density at radius 3 is 1.22 bits per heavy atom. The number of hydrogen-bond donors (Lipinski definition) is 2. The number of rotatable bonds is 50. The second-order valence-electron chi connectivity index (χ2n) is 18.0. The zero-order valence-electron chi connectivity index (χ0n) is 43.3. The first kappa shape index (κ1) is 65.2. The smallest absolute Gasteiger partial charge is 0.462 e. The molecule has 0 aromatic carbocycles. The number of unbranched alkanes of at least 4 members (excludes halogenated alkanes) is 23. The summed E-state index contributed by atoms with van der Waals surface area (Å²) >= 11 is 0. The van der Waals surface area contributed by atoms with Crippen molar-refractivity contribution in [2.24, 2.45) is 0 Å². The quantitative estimate of drug-likeness (QED) is 0.0197. The van der Waals surface area contributed by atoms with Crippen molar-refractivity contribution in [2.75, 3.05) is 26.4 Å². The largest absolute Gasteiger partial charge is 0.472 e. The van der Waals surface area contributed by atoms with Crippen LogP contribution in [0.25, 0.3) is 0 Å². The maximum absolute atomic E-state index is 12.9. The Balaban J connectivity index is 4.77. The molecule has 0 amide bonds. The first-order valence-electron chi connectivity index (χ1n) is 27.2. The van der Waals surface area contributed by atoms with Crippen molar-refractivity contribution in [3.05, 3.63) is 60.8 Å². The predicted octanol–water partition coefficient (Wildman–Crippen LogP) is 15.6. The van der Waals surface area contributed by atoms with Crippen LogP contribution in [0.15, 0.2) is 60.8 Å². The van der Waals surface area contributed by atoms with Gasteiger partial charge in [0.25, 0.3) is 0 Å². The maximum atomic E-state index is 12.9. The molecule has 0 radical (unpaired) electrons. The second-order valence-corrected chi connectivity index (χ2v) is 19.5. The molecule has 12 heteroatoms. The Morgan fingerprint density at radius 2 is 0.765 bits per heavy atom. The lowest BCUT2D eigenvalue weighted by atomic mass is 10.0. The number of hydrogen-bond acceptors (Lipinski definition) is 10. The third kappa shape index (κ3) is 48.2. The zero-order valence-corrected chi connectivity index (χ0v) is 44.2. The SMILES string of the molecule is CC/C=C\C/C=C\C/C=C\CCCCCC(=O)OC(COC(=O)CCCCCCC/C=C\C/C=C\CCCCC)COP(=O)(O)OCC(CO)OC(=O)CCCCCCCCCCCCCCC. The van der Waals surface area contributed by atoms with E-state index in [1.807, 2.05) is 0 Å². The maximum Gasteiger partial charge on any atom is 0.472 e. The average molecular weight is 979 g/mol. The van der Waals surface area contributed by atoms with Gasteiger partial charge in [0.1, 0.15) is 12.7 Å². The highest BCUT2D eigenvalue weighted by Crippen LogP contribution is 2.43. The molecular formula is C56H99O11P. The summed E-state index contributed by atoms with van der Waals surface area (Å²) in [5.41, 5.74) is 0. The normalized spacial score (nSPS) is 13.9. The van der Waals surface area contributed by atoms with E-state index in [-0.39, 0.29) is 25.9 Å². The Kier molecular flexibility index (Phi) is 48.5. The minimum atomic E-state index is -4.75. The standard InChI is InChI=1S/C56H99O11P/c1-4-7-10-13-16-19-22-25-26-29-30-33-36-39-42-45-54(58)63-49-53(67-56(60)47-44-41-38-35-32-28-24-21-18-15-12-9-6-3)51-65-68(61,62)64-50-52(48-57)66-55(59)46-43-40-37-34-31-27-23-20-17-14-11-8-5-2/h9,12,16,18-19,21,25-26,28,32,52-53,57H,4-8,10-11,13-15,17,20,22-24,27,29-31,33-51H2,1-3H3,(H,61,62)/b12-9-,19-16-,21-18-,26-25-,32-28-. The van der Waals surface area contributed by atoms with Crippen molar-refractivity contribution >= 4 is 25.7 Å². The van der Waals surface area contributed by atoms with E-state index < -0.39 is 57.8 Å². The van der Waals surface area contributed by atoms with E-state index in [9.17, 15) is 28.9 Å². The molecule has 0 spiro atoms. The monoisotopic (exact) mass is 979 g/mol. The minimum Gasteiger partial charge on any atom is -0.462 e. The van der Waals surface area contributed by atoms with Gasteiger partial charge in [-0.15, -0.1) is 0 Å². The number of allylic oxidation sites excluding steroid dienone is 10. The summed E-state index contributed by atoms with van der Waals surface area (Å²) < 4.78 is 39.4. The van der Waals surface area contributed by atoms with Gasteiger partial charge in [-0.05, 0) is 83.5 Å². The van der Waals surface area contributed by atoms with Crippen LogP contribution in [0.1, 0.15) is 239 Å². The van der Waals surface area contributed by atoms with Crippen LogP contribution in [0.2, 0.25) is 0 Å². The van der Waals surface area contributed by atoms with Crippen LogP contribution in [0.4, 0.5) is 0 Å². The topological polar surface area (TPSA) is 155 Å². The van der Waals surface area contributed by atoms with Gasteiger partial charge in [0.15, 0.2) is 6.10 Å². The van der Waals surface area contributed by atoms with Gasteiger partial charge in [0.05, 0.1) is 19.8 Å². The Bertz CT molecular complexity index is 1370. The second kappa shape index (κ2) is 50.6. The predicted molar refractivity (Wildman–Crippen MR) is 279 cm³/mol. The Morgan fingerprint density at radius 1 is 0.426 bits per heavy atom. The number of carbonyl (C=O) groups excluding carboxylic acids is 3. The molecule has 68 heavy (non-hydrogen) atoms. The third-order valence-corrected chi connectivity index (χ3v) is 12.4. The molecule has 11 nitrogen and oxygen atoms in total. The van der Waals surface area contributed by atoms with Gasteiger partial charge in [-0.3, -0.25) is 23.4 Å². The van der Waals surface area contributed by atoms with Crippen LogP contribution in [0.5, 0.6) is 0 Å². The number of ether oxygens (including phenoxy) is 3. The minimum absolute atomic E-state index is 0.129. The zero-order chi connectivity index (χ0) is 49.9. The number of esters is 3. The Hall–Kier alpha value is -2.82. The van der Waals surface area contributed by atoms with E-state index in [0.717, 1.165) is 103 Å². The van der Waals surface area contributed by atoms with E-state index in [1.54, 1.807) is 0 Å². The van der Waals surface area contributed by atoms with E-state index in [2.05, 4.69) is 81.5 Å². The van der Waals surface area contributed by atoms with Gasteiger partial charge in [0.2, 0.25) is 0 Å². The van der Waals surface area contributed by atoms with Crippen LogP contribution < -0.4 is 0 Å². The van der Waals surface area contributed by atoms with Crippen molar-refractivity contribution in [2.45, 2.75) is 251 Å².